The molecule has 6 nitrogen and oxygen atoms in total. The van der Waals surface area contributed by atoms with Crippen LogP contribution in [0, 0.1) is 19.8 Å². The average molecular weight is 474 g/mol. The molecule has 7 heteroatoms. The lowest BCUT2D eigenvalue weighted by Gasteiger charge is -2.32. The summed E-state index contributed by atoms with van der Waals surface area (Å²) in [5, 5.41) is 12.4. The van der Waals surface area contributed by atoms with E-state index in [1.54, 1.807) is 22.7 Å². The van der Waals surface area contributed by atoms with E-state index in [1.165, 1.54) is 11.1 Å². The molecule has 0 saturated heterocycles. The Morgan fingerprint density at radius 3 is 2.47 bits per heavy atom. The number of pyridine rings is 1. The molecule has 2 aromatic carbocycles. The van der Waals surface area contributed by atoms with Crippen LogP contribution in [-0.2, 0) is 4.79 Å². The zero-order valence-electron chi connectivity index (χ0n) is 18.9. The quantitative estimate of drug-likeness (QED) is 0.399. The van der Waals surface area contributed by atoms with Gasteiger partial charge < -0.3 is 10.4 Å². The number of nitrogens with one attached hydrogen (secondary N) is 1. The first-order chi connectivity index (χ1) is 16.3. The maximum atomic E-state index is 12.7. The Bertz CT molecular complexity index is 1440. The molecule has 4 aromatic rings. The van der Waals surface area contributed by atoms with E-state index >= 15 is 0 Å². The lowest BCUT2D eigenvalue weighted by Crippen LogP contribution is -2.46. The second-order valence-electron chi connectivity index (χ2n) is 8.94. The molecule has 0 bridgehead atoms. The van der Waals surface area contributed by atoms with E-state index in [9.17, 15) is 9.59 Å². The van der Waals surface area contributed by atoms with Crippen LogP contribution in [0.4, 0.5) is 0 Å². The van der Waals surface area contributed by atoms with Crippen molar-refractivity contribution in [3.05, 3.63) is 82.6 Å². The van der Waals surface area contributed by atoms with Gasteiger partial charge in [0, 0.05) is 23.4 Å². The Kier molecular flexibility index (Phi) is 5.62. The second kappa shape index (κ2) is 8.61. The van der Waals surface area contributed by atoms with E-state index < -0.39 is 5.97 Å². The van der Waals surface area contributed by atoms with Crippen LogP contribution in [0.25, 0.3) is 28.0 Å². The van der Waals surface area contributed by atoms with E-state index in [-0.39, 0.29) is 17.9 Å². The van der Waals surface area contributed by atoms with Crippen LogP contribution in [0.2, 0.25) is 5.15 Å². The Morgan fingerprint density at radius 1 is 1.03 bits per heavy atom. The van der Waals surface area contributed by atoms with Crippen LogP contribution in [0.15, 0.2) is 60.8 Å². The van der Waals surface area contributed by atoms with Crippen molar-refractivity contribution in [1.82, 2.24) is 14.7 Å². The number of carboxylic acid groups (broad SMARTS) is 1. The fourth-order valence-corrected chi connectivity index (χ4v) is 4.86. The van der Waals surface area contributed by atoms with Crippen molar-refractivity contribution in [1.29, 1.82) is 0 Å². The summed E-state index contributed by atoms with van der Waals surface area (Å²) in [5.74, 6) is -1.43. The molecule has 1 fully saturated rings. The van der Waals surface area contributed by atoms with Gasteiger partial charge in [-0.25, -0.2) is 4.98 Å². The molecule has 0 atom stereocenters. The van der Waals surface area contributed by atoms with Crippen LogP contribution in [0.3, 0.4) is 0 Å². The van der Waals surface area contributed by atoms with Crippen molar-refractivity contribution in [3.8, 4) is 22.4 Å². The van der Waals surface area contributed by atoms with Gasteiger partial charge in [-0.3, -0.25) is 14.0 Å². The molecule has 1 aliphatic carbocycles. The van der Waals surface area contributed by atoms with E-state index in [4.69, 9.17) is 21.7 Å². The predicted molar refractivity (Wildman–Crippen MR) is 132 cm³/mol. The van der Waals surface area contributed by atoms with Crippen molar-refractivity contribution in [2.75, 3.05) is 0 Å². The summed E-state index contributed by atoms with van der Waals surface area (Å²) in [6, 6.07) is 17.7. The highest BCUT2D eigenvalue weighted by atomic mass is 35.5. The number of aliphatic carboxylic acids is 1. The van der Waals surface area contributed by atoms with Crippen molar-refractivity contribution < 1.29 is 14.7 Å². The number of hydrogen-bond acceptors (Lipinski definition) is 3. The number of carbonyl (C=O) groups is 2. The molecule has 0 aliphatic heterocycles. The number of carboxylic acids is 1. The largest absolute Gasteiger partial charge is 0.481 e. The van der Waals surface area contributed by atoms with Crippen molar-refractivity contribution >= 4 is 29.1 Å². The molecule has 0 unspecified atom stereocenters. The zero-order chi connectivity index (χ0) is 24.0. The maximum absolute atomic E-state index is 12.7. The first kappa shape index (κ1) is 22.2. The van der Waals surface area contributed by atoms with Gasteiger partial charge in [-0.2, -0.15) is 0 Å². The SMILES string of the molecule is Cc1ccc(-c2ccccc2-c2nc3cc(C(=O)NC4CC(C(=O)O)C4)ccn3c2Cl)c(C)c1. The number of amides is 1. The lowest BCUT2D eigenvalue weighted by molar-refractivity contribution is -0.145. The molecule has 1 amide bonds. The van der Waals surface area contributed by atoms with Gasteiger partial charge in [0.25, 0.3) is 5.91 Å². The fraction of sp³-hybridized carbons (Fsp3) is 0.222. The molecule has 172 valence electrons. The summed E-state index contributed by atoms with van der Waals surface area (Å²) in [6.07, 6.45) is 2.65. The summed E-state index contributed by atoms with van der Waals surface area (Å²) in [7, 11) is 0. The first-order valence-corrected chi connectivity index (χ1v) is 11.6. The van der Waals surface area contributed by atoms with Gasteiger partial charge in [0.1, 0.15) is 16.5 Å². The number of rotatable bonds is 5. The smallest absolute Gasteiger partial charge is 0.306 e. The summed E-state index contributed by atoms with van der Waals surface area (Å²) in [6.45, 7) is 4.17. The van der Waals surface area contributed by atoms with Crippen LogP contribution in [0.5, 0.6) is 0 Å². The molecule has 5 rings (SSSR count). The number of carbonyl (C=O) groups excluding carboxylic acids is 1. The highest BCUT2D eigenvalue weighted by Gasteiger charge is 2.35. The van der Waals surface area contributed by atoms with Crippen LogP contribution >= 0.6 is 11.6 Å². The highest BCUT2D eigenvalue weighted by Crippen LogP contribution is 2.37. The van der Waals surface area contributed by atoms with Gasteiger partial charge in [0.05, 0.1) is 5.92 Å². The summed E-state index contributed by atoms with van der Waals surface area (Å²) in [4.78, 5) is 28.5. The van der Waals surface area contributed by atoms with Gasteiger partial charge in [0.2, 0.25) is 0 Å². The first-order valence-electron chi connectivity index (χ1n) is 11.2. The molecule has 1 saturated carbocycles. The number of aromatic nitrogens is 2. The Balaban J connectivity index is 1.48. The molecular weight excluding hydrogens is 450 g/mol. The molecule has 0 spiro atoms. The Hall–Kier alpha value is -3.64. The minimum absolute atomic E-state index is 0.117. The minimum atomic E-state index is -0.812. The predicted octanol–water partition coefficient (Wildman–Crippen LogP) is 5.53. The molecule has 2 aromatic heterocycles. The monoisotopic (exact) mass is 473 g/mol. The van der Waals surface area contributed by atoms with E-state index in [0.29, 0.717) is 34.9 Å². The zero-order valence-corrected chi connectivity index (χ0v) is 19.6. The fourth-order valence-electron chi connectivity index (χ4n) is 4.57. The van der Waals surface area contributed by atoms with E-state index in [2.05, 4.69) is 43.4 Å². The normalized spacial score (nSPS) is 17.4. The number of aryl methyl sites for hydroxylation is 2. The molecule has 2 heterocycles. The van der Waals surface area contributed by atoms with E-state index in [0.717, 1.165) is 16.7 Å². The van der Waals surface area contributed by atoms with Gasteiger partial charge in [-0.15, -0.1) is 0 Å². The summed E-state index contributed by atoms with van der Waals surface area (Å²) < 4.78 is 1.76. The molecule has 34 heavy (non-hydrogen) atoms. The molecule has 1 aliphatic rings. The third kappa shape index (κ3) is 3.94. The molecule has 2 N–H and O–H groups in total. The third-order valence-electron chi connectivity index (χ3n) is 6.51. The van der Waals surface area contributed by atoms with Gasteiger partial charge in [0.15, 0.2) is 0 Å². The number of imidazole rings is 1. The highest BCUT2D eigenvalue weighted by molar-refractivity contribution is 6.32. The van der Waals surface area contributed by atoms with Crippen LogP contribution in [-0.4, -0.2) is 32.4 Å². The second-order valence-corrected chi connectivity index (χ2v) is 9.29. The van der Waals surface area contributed by atoms with Crippen LogP contribution < -0.4 is 5.32 Å². The maximum Gasteiger partial charge on any atom is 0.306 e. The van der Waals surface area contributed by atoms with Crippen molar-refractivity contribution in [2.45, 2.75) is 32.7 Å². The van der Waals surface area contributed by atoms with Gasteiger partial charge in [-0.1, -0.05) is 59.6 Å². The number of hydrogen-bond donors (Lipinski definition) is 2. The average Bonchev–Trinajstić information content (AvgIpc) is 3.11. The van der Waals surface area contributed by atoms with Crippen LogP contribution in [0.1, 0.15) is 34.3 Å². The molecular formula is C27H24ClN3O3. The van der Waals surface area contributed by atoms with Gasteiger partial charge in [-0.05, 0) is 55.5 Å². The van der Waals surface area contributed by atoms with Crippen molar-refractivity contribution in [3.63, 3.8) is 0 Å². The number of halogens is 1. The lowest BCUT2D eigenvalue weighted by atomic mass is 9.80. The van der Waals surface area contributed by atoms with E-state index in [1.807, 2.05) is 18.2 Å². The Morgan fingerprint density at radius 2 is 1.76 bits per heavy atom. The summed E-state index contributed by atoms with van der Waals surface area (Å²) in [5.41, 5.74) is 7.14. The molecule has 0 radical (unpaired) electrons. The van der Waals surface area contributed by atoms with Crippen molar-refractivity contribution in [2.24, 2.45) is 5.92 Å². The standard InChI is InChI=1S/C27H24ClN3O3/c1-15-7-8-20(16(2)11-15)21-5-3-4-6-22(21)24-25(28)31-10-9-17(14-23(31)30-24)26(32)29-19-12-18(13-19)27(33)34/h3-11,14,18-19H,12-13H2,1-2H3,(H,29,32)(H,33,34). The third-order valence-corrected chi connectivity index (χ3v) is 6.87. The number of benzene rings is 2. The number of fused-ring (bicyclic) bond motifs is 1. The minimum Gasteiger partial charge on any atom is -0.481 e. The number of nitrogens with zero attached hydrogens (tertiary/aromatic N) is 2. The Labute approximate surface area is 202 Å². The topological polar surface area (TPSA) is 83.7 Å². The van der Waals surface area contributed by atoms with Gasteiger partial charge >= 0.3 is 5.97 Å². The summed E-state index contributed by atoms with van der Waals surface area (Å²) >= 11 is 6.75.